The monoisotopic (exact) mass is 621 g/mol. The lowest BCUT2D eigenvalue weighted by Crippen LogP contribution is -2.81. The van der Waals surface area contributed by atoms with Crippen LogP contribution in [-0.4, -0.2) is 63.0 Å². The highest BCUT2D eigenvalue weighted by Crippen LogP contribution is 2.46. The summed E-state index contributed by atoms with van der Waals surface area (Å²) < 4.78 is 45.0. The van der Waals surface area contributed by atoms with E-state index in [0.717, 1.165) is 28.2 Å². The standard InChI is InChI=1S/C33H30F3N3O6/c1-32(39-26(20-45-31(39)44)23-12-6-3-7-13-23)27(16-15-21-9-4-2-5-10-21)38(30(32)43)25(18-28(40)41)29(42)37-19-22-11-8-14-24(17-22)33(34,35)36/h2-17,25-27H,18-20H2,1H3,(H,37,42)(H,40,41)/b16-15+/t25-,26+,27?,32?/m0/s1. The van der Waals surface area contributed by atoms with Crippen molar-refractivity contribution in [3.05, 3.63) is 113 Å². The van der Waals surface area contributed by atoms with Gasteiger partial charge in [-0.2, -0.15) is 13.2 Å². The first-order chi connectivity index (χ1) is 21.4. The molecule has 3 aromatic carbocycles. The highest BCUT2D eigenvalue weighted by molar-refractivity contribution is 6.02. The van der Waals surface area contributed by atoms with E-state index in [1.54, 1.807) is 55.5 Å². The summed E-state index contributed by atoms with van der Waals surface area (Å²) in [7, 11) is 0. The van der Waals surface area contributed by atoms with Gasteiger partial charge in [0.15, 0.2) is 0 Å². The third-order valence-electron chi connectivity index (χ3n) is 8.10. The fraction of sp³-hybridized carbons (Fsp3) is 0.273. The van der Waals surface area contributed by atoms with Crippen molar-refractivity contribution in [3.8, 4) is 0 Å². The number of benzene rings is 3. The van der Waals surface area contributed by atoms with Crippen LogP contribution in [0.2, 0.25) is 0 Å². The van der Waals surface area contributed by atoms with Crippen LogP contribution in [0, 0.1) is 0 Å². The van der Waals surface area contributed by atoms with Gasteiger partial charge in [-0.3, -0.25) is 19.3 Å². The van der Waals surface area contributed by atoms with Crippen molar-refractivity contribution in [1.82, 2.24) is 15.1 Å². The number of likely N-dealkylation sites (tertiary alicyclic amines) is 1. The van der Waals surface area contributed by atoms with Gasteiger partial charge in [-0.15, -0.1) is 0 Å². The molecule has 0 radical (unpaired) electrons. The number of halogens is 3. The molecular weight excluding hydrogens is 591 g/mol. The van der Waals surface area contributed by atoms with E-state index in [2.05, 4.69) is 5.32 Å². The fourth-order valence-electron chi connectivity index (χ4n) is 5.85. The van der Waals surface area contributed by atoms with Crippen LogP contribution in [-0.2, 0) is 31.8 Å². The lowest BCUT2D eigenvalue weighted by Gasteiger charge is -2.59. The van der Waals surface area contributed by atoms with E-state index >= 15 is 0 Å². The van der Waals surface area contributed by atoms with Crippen LogP contribution in [0.1, 0.15) is 41.6 Å². The van der Waals surface area contributed by atoms with Crippen molar-refractivity contribution < 1.29 is 42.2 Å². The average molecular weight is 622 g/mol. The number of nitrogens with zero attached hydrogens (tertiary/aromatic N) is 2. The normalized spacial score (nSPS) is 22.2. The Morgan fingerprint density at radius 1 is 1.04 bits per heavy atom. The molecule has 2 unspecified atom stereocenters. The molecule has 2 N–H and O–H groups in total. The molecule has 3 aromatic rings. The van der Waals surface area contributed by atoms with E-state index in [9.17, 15) is 37.5 Å². The zero-order valence-electron chi connectivity index (χ0n) is 24.1. The molecule has 45 heavy (non-hydrogen) atoms. The first-order valence-corrected chi connectivity index (χ1v) is 14.1. The Morgan fingerprint density at radius 2 is 1.71 bits per heavy atom. The molecule has 5 rings (SSSR count). The van der Waals surface area contributed by atoms with Crippen molar-refractivity contribution in [3.63, 3.8) is 0 Å². The van der Waals surface area contributed by atoms with E-state index in [1.807, 2.05) is 24.3 Å². The summed E-state index contributed by atoms with van der Waals surface area (Å²) in [5.74, 6) is -2.92. The Bertz CT molecular complexity index is 1610. The summed E-state index contributed by atoms with van der Waals surface area (Å²) in [6, 6.07) is 19.3. The number of hydrogen-bond acceptors (Lipinski definition) is 5. The molecular formula is C33H30F3N3O6. The van der Waals surface area contributed by atoms with Crippen LogP contribution < -0.4 is 5.32 Å². The van der Waals surface area contributed by atoms with E-state index in [-0.39, 0.29) is 18.7 Å². The van der Waals surface area contributed by atoms with Crippen LogP contribution in [0.25, 0.3) is 6.08 Å². The number of aliphatic carboxylic acids is 1. The second-order valence-corrected chi connectivity index (χ2v) is 11.0. The van der Waals surface area contributed by atoms with E-state index in [0.29, 0.717) is 0 Å². The second kappa shape index (κ2) is 12.5. The number of nitrogens with one attached hydrogen (secondary N) is 1. The summed E-state index contributed by atoms with van der Waals surface area (Å²) >= 11 is 0. The molecule has 0 saturated carbocycles. The van der Waals surface area contributed by atoms with E-state index in [1.165, 1.54) is 17.0 Å². The first-order valence-electron chi connectivity index (χ1n) is 14.1. The summed E-state index contributed by atoms with van der Waals surface area (Å²) in [5, 5.41) is 12.2. The van der Waals surface area contributed by atoms with E-state index < -0.39 is 65.7 Å². The molecule has 12 heteroatoms. The lowest BCUT2D eigenvalue weighted by molar-refractivity contribution is -0.177. The number of carboxylic acid groups (broad SMARTS) is 1. The number of carbonyl (C=O) groups is 4. The van der Waals surface area contributed by atoms with Crippen molar-refractivity contribution >= 4 is 30.0 Å². The SMILES string of the molecule is CC1(N2C(=O)OC[C@@H]2c2ccccc2)C(=O)N([C@@H](CC(=O)O)C(=O)NCc2cccc(C(F)(F)F)c2)C1/C=C/c1ccccc1. The van der Waals surface area contributed by atoms with E-state index in [4.69, 9.17) is 4.74 Å². The number of amides is 3. The van der Waals surface area contributed by atoms with Crippen LogP contribution in [0.15, 0.2) is 91.0 Å². The Kier molecular flexibility index (Phi) is 8.67. The summed E-state index contributed by atoms with van der Waals surface area (Å²) in [5.41, 5.74) is -0.842. The average Bonchev–Trinajstić information content (AvgIpc) is 3.42. The summed E-state index contributed by atoms with van der Waals surface area (Å²) in [6.45, 7) is 1.20. The van der Waals surface area contributed by atoms with Gasteiger partial charge in [-0.1, -0.05) is 84.9 Å². The zero-order chi connectivity index (χ0) is 32.4. The minimum atomic E-state index is -4.59. The molecule has 2 aliphatic rings. The molecule has 2 fully saturated rings. The number of alkyl halides is 3. The van der Waals surface area contributed by atoms with Gasteiger partial charge >= 0.3 is 18.2 Å². The van der Waals surface area contributed by atoms with Gasteiger partial charge in [0, 0.05) is 6.54 Å². The second-order valence-electron chi connectivity index (χ2n) is 11.0. The van der Waals surface area contributed by atoms with Gasteiger partial charge in [-0.05, 0) is 35.7 Å². The third kappa shape index (κ3) is 6.26. The number of carbonyl (C=O) groups excluding carboxylic acids is 3. The number of rotatable bonds is 10. The largest absolute Gasteiger partial charge is 0.481 e. The van der Waals surface area contributed by atoms with Gasteiger partial charge < -0.3 is 20.1 Å². The number of ether oxygens (including phenoxy) is 1. The molecule has 2 aliphatic heterocycles. The number of β-lactam (4-membered cyclic amide) rings is 1. The van der Waals surface area contributed by atoms with Gasteiger partial charge in [0.05, 0.1) is 24.1 Å². The lowest BCUT2D eigenvalue weighted by atomic mass is 9.75. The van der Waals surface area contributed by atoms with Crippen LogP contribution in [0.4, 0.5) is 18.0 Å². The topological polar surface area (TPSA) is 116 Å². The summed E-state index contributed by atoms with van der Waals surface area (Å²) in [6.07, 6.45) is -2.76. The number of carboxylic acids is 1. The van der Waals surface area contributed by atoms with Crippen LogP contribution in [0.5, 0.6) is 0 Å². The maximum Gasteiger partial charge on any atom is 0.416 e. The highest BCUT2D eigenvalue weighted by Gasteiger charge is 2.66. The Hall–Kier alpha value is -5.13. The van der Waals surface area contributed by atoms with Crippen molar-refractivity contribution in [2.75, 3.05) is 6.61 Å². The molecule has 0 aromatic heterocycles. The predicted octanol–water partition coefficient (Wildman–Crippen LogP) is 5.04. The maximum absolute atomic E-state index is 14.1. The number of hydrogen-bond donors (Lipinski definition) is 2. The van der Waals surface area contributed by atoms with Gasteiger partial charge in [0.1, 0.15) is 18.2 Å². The molecule has 2 heterocycles. The van der Waals surface area contributed by atoms with Gasteiger partial charge in [0.25, 0.3) is 5.91 Å². The zero-order valence-corrected chi connectivity index (χ0v) is 24.1. The quantitative estimate of drug-likeness (QED) is 0.307. The first kappa shape index (κ1) is 31.3. The molecule has 2 saturated heterocycles. The molecule has 9 nitrogen and oxygen atoms in total. The molecule has 234 valence electrons. The molecule has 0 bridgehead atoms. The molecule has 3 amide bonds. The molecule has 0 spiro atoms. The van der Waals surface area contributed by atoms with Crippen molar-refractivity contribution in [2.24, 2.45) is 0 Å². The number of cyclic esters (lactones) is 1. The maximum atomic E-state index is 14.1. The molecule has 4 atom stereocenters. The van der Waals surface area contributed by atoms with Crippen molar-refractivity contribution in [1.29, 1.82) is 0 Å². The smallest absolute Gasteiger partial charge is 0.416 e. The Labute approximate surface area is 256 Å². The summed E-state index contributed by atoms with van der Waals surface area (Å²) in [4.78, 5) is 55.2. The fourth-order valence-corrected chi connectivity index (χ4v) is 5.85. The minimum Gasteiger partial charge on any atom is -0.481 e. The minimum absolute atomic E-state index is 0.0170. The Balaban J connectivity index is 1.48. The highest BCUT2D eigenvalue weighted by atomic mass is 19.4. The van der Waals surface area contributed by atoms with Crippen LogP contribution >= 0.6 is 0 Å². The van der Waals surface area contributed by atoms with Gasteiger partial charge in [0.2, 0.25) is 5.91 Å². The predicted molar refractivity (Wildman–Crippen MR) is 156 cm³/mol. The van der Waals surface area contributed by atoms with Gasteiger partial charge in [-0.25, -0.2) is 4.79 Å². The van der Waals surface area contributed by atoms with Crippen LogP contribution in [0.3, 0.4) is 0 Å². The van der Waals surface area contributed by atoms with Crippen molar-refractivity contribution in [2.45, 2.75) is 49.7 Å². The Morgan fingerprint density at radius 3 is 2.36 bits per heavy atom. The molecule has 0 aliphatic carbocycles. The third-order valence-corrected chi connectivity index (χ3v) is 8.10.